The van der Waals surface area contributed by atoms with Crippen LogP contribution in [0.2, 0.25) is 5.02 Å². The Balaban J connectivity index is 1.58. The standard InChI is InChI=1S/C14H14ClFN6O2/c15-10-1-2-11(12(16)7-10)14(24)21-5-3-20(4-6-21)13(23)8-22-9-17-18-19-22/h1-2,7,9H,3-6,8H2. The summed E-state index contributed by atoms with van der Waals surface area (Å²) in [5, 5.41) is 10.8. The summed E-state index contributed by atoms with van der Waals surface area (Å²) in [4.78, 5) is 27.7. The van der Waals surface area contributed by atoms with E-state index in [1.54, 1.807) is 4.90 Å². The molecule has 126 valence electrons. The summed E-state index contributed by atoms with van der Waals surface area (Å²) < 4.78 is 15.2. The molecule has 0 N–H and O–H groups in total. The van der Waals surface area contributed by atoms with E-state index in [9.17, 15) is 14.0 Å². The van der Waals surface area contributed by atoms with Gasteiger partial charge in [-0.3, -0.25) is 9.59 Å². The van der Waals surface area contributed by atoms with Crippen LogP contribution in [-0.2, 0) is 11.3 Å². The largest absolute Gasteiger partial charge is 0.338 e. The number of rotatable bonds is 3. The van der Waals surface area contributed by atoms with E-state index in [2.05, 4.69) is 15.5 Å². The van der Waals surface area contributed by atoms with Crippen LogP contribution in [0.1, 0.15) is 10.4 Å². The van der Waals surface area contributed by atoms with Crippen molar-refractivity contribution in [2.45, 2.75) is 6.54 Å². The number of hydrogen-bond acceptors (Lipinski definition) is 5. The molecule has 0 saturated carbocycles. The van der Waals surface area contributed by atoms with Crippen LogP contribution < -0.4 is 0 Å². The second kappa shape index (κ2) is 6.91. The molecule has 2 heterocycles. The molecule has 1 aromatic heterocycles. The predicted molar refractivity (Wildman–Crippen MR) is 81.7 cm³/mol. The van der Waals surface area contributed by atoms with Crippen molar-refractivity contribution in [1.82, 2.24) is 30.0 Å². The maximum atomic E-state index is 13.9. The van der Waals surface area contributed by atoms with Gasteiger partial charge in [0, 0.05) is 31.2 Å². The normalized spacial score (nSPS) is 14.8. The highest BCUT2D eigenvalue weighted by Crippen LogP contribution is 2.17. The summed E-state index contributed by atoms with van der Waals surface area (Å²) in [5.41, 5.74) is -0.0205. The van der Waals surface area contributed by atoms with Gasteiger partial charge in [0.1, 0.15) is 18.7 Å². The van der Waals surface area contributed by atoms with Gasteiger partial charge in [0.2, 0.25) is 5.91 Å². The van der Waals surface area contributed by atoms with Crippen LogP contribution >= 0.6 is 11.6 Å². The molecule has 0 spiro atoms. The molecule has 0 radical (unpaired) electrons. The van der Waals surface area contributed by atoms with Crippen molar-refractivity contribution >= 4 is 23.4 Å². The zero-order valence-corrected chi connectivity index (χ0v) is 13.4. The monoisotopic (exact) mass is 352 g/mol. The van der Waals surface area contributed by atoms with Gasteiger partial charge >= 0.3 is 0 Å². The average molecular weight is 353 g/mol. The van der Waals surface area contributed by atoms with E-state index < -0.39 is 11.7 Å². The van der Waals surface area contributed by atoms with Crippen molar-refractivity contribution in [1.29, 1.82) is 0 Å². The predicted octanol–water partition coefficient (Wildman–Crippen LogP) is 0.450. The molecule has 8 nitrogen and oxygen atoms in total. The Morgan fingerprint density at radius 3 is 2.50 bits per heavy atom. The summed E-state index contributed by atoms with van der Waals surface area (Å²) in [6.07, 6.45) is 1.36. The molecule has 2 amide bonds. The van der Waals surface area contributed by atoms with Crippen molar-refractivity contribution < 1.29 is 14.0 Å². The van der Waals surface area contributed by atoms with Crippen molar-refractivity contribution in [2.75, 3.05) is 26.2 Å². The number of piperazine rings is 1. The lowest BCUT2D eigenvalue weighted by molar-refractivity contribution is -0.133. The van der Waals surface area contributed by atoms with E-state index >= 15 is 0 Å². The van der Waals surface area contributed by atoms with Crippen LogP contribution in [-0.4, -0.2) is 68.0 Å². The Hall–Kier alpha value is -2.55. The third kappa shape index (κ3) is 3.51. The maximum Gasteiger partial charge on any atom is 0.256 e. The highest BCUT2D eigenvalue weighted by atomic mass is 35.5. The van der Waals surface area contributed by atoms with Crippen molar-refractivity contribution in [3.8, 4) is 0 Å². The highest BCUT2D eigenvalue weighted by Gasteiger charge is 2.26. The highest BCUT2D eigenvalue weighted by molar-refractivity contribution is 6.30. The first kappa shape index (κ1) is 16.3. The lowest BCUT2D eigenvalue weighted by atomic mass is 10.1. The van der Waals surface area contributed by atoms with E-state index in [0.29, 0.717) is 26.2 Å². The Labute approximate surface area is 141 Å². The summed E-state index contributed by atoms with van der Waals surface area (Å²) in [6, 6.07) is 3.96. The fourth-order valence-electron chi connectivity index (χ4n) is 2.48. The first-order valence-electron chi connectivity index (χ1n) is 7.27. The third-order valence-corrected chi connectivity index (χ3v) is 4.00. The molecule has 1 saturated heterocycles. The summed E-state index contributed by atoms with van der Waals surface area (Å²) in [6.45, 7) is 1.47. The van der Waals surface area contributed by atoms with Crippen LogP contribution in [0.5, 0.6) is 0 Å². The second-order valence-electron chi connectivity index (χ2n) is 5.30. The SMILES string of the molecule is O=C(Cn1cnnn1)N1CCN(C(=O)c2ccc(Cl)cc2F)CC1. The molecule has 0 atom stereocenters. The molecule has 1 aliphatic heterocycles. The fourth-order valence-corrected chi connectivity index (χ4v) is 2.64. The number of amides is 2. The number of hydrogen-bond donors (Lipinski definition) is 0. The van der Waals surface area contributed by atoms with Crippen molar-refractivity contribution in [3.05, 3.63) is 40.9 Å². The molecule has 24 heavy (non-hydrogen) atoms. The molecule has 1 fully saturated rings. The number of tetrazole rings is 1. The number of carbonyl (C=O) groups is 2. The van der Waals surface area contributed by atoms with Crippen LogP contribution in [0.4, 0.5) is 4.39 Å². The molecule has 10 heteroatoms. The summed E-state index contributed by atoms with van der Waals surface area (Å²) in [7, 11) is 0. The molecule has 1 aromatic carbocycles. The Kier molecular flexibility index (Phi) is 4.70. The zero-order valence-electron chi connectivity index (χ0n) is 12.6. The van der Waals surface area contributed by atoms with Crippen molar-refractivity contribution in [3.63, 3.8) is 0 Å². The van der Waals surface area contributed by atoms with Gasteiger partial charge in [0.05, 0.1) is 5.56 Å². The molecular weight excluding hydrogens is 339 g/mol. The van der Waals surface area contributed by atoms with Gasteiger partial charge in [-0.2, -0.15) is 0 Å². The first-order valence-corrected chi connectivity index (χ1v) is 7.65. The molecule has 0 bridgehead atoms. The lowest BCUT2D eigenvalue weighted by Gasteiger charge is -2.34. The van der Waals surface area contributed by atoms with Gasteiger partial charge in [-0.1, -0.05) is 11.6 Å². The molecule has 0 aliphatic carbocycles. The summed E-state index contributed by atoms with van der Waals surface area (Å²) >= 11 is 5.69. The van der Waals surface area contributed by atoms with Crippen molar-refractivity contribution in [2.24, 2.45) is 0 Å². The Bertz CT molecular complexity index is 746. The van der Waals surface area contributed by atoms with E-state index in [1.807, 2.05) is 0 Å². The van der Waals surface area contributed by atoms with E-state index in [4.69, 9.17) is 11.6 Å². The number of halogens is 2. The second-order valence-corrected chi connectivity index (χ2v) is 5.74. The minimum absolute atomic E-state index is 0.0205. The zero-order chi connectivity index (χ0) is 17.1. The minimum atomic E-state index is -0.648. The number of aromatic nitrogens is 4. The fraction of sp³-hybridized carbons (Fsp3) is 0.357. The van der Waals surface area contributed by atoms with Gasteiger partial charge in [0.15, 0.2) is 0 Å². The molecule has 0 unspecified atom stereocenters. The van der Waals surface area contributed by atoms with Gasteiger partial charge < -0.3 is 9.80 Å². The first-order chi connectivity index (χ1) is 11.5. The third-order valence-electron chi connectivity index (χ3n) is 3.77. The van der Waals surface area contributed by atoms with Gasteiger partial charge in [-0.25, -0.2) is 9.07 Å². The molecule has 2 aromatic rings. The maximum absolute atomic E-state index is 13.9. The molecular formula is C14H14ClFN6O2. The topological polar surface area (TPSA) is 84.2 Å². The number of benzene rings is 1. The van der Waals surface area contributed by atoms with Gasteiger partial charge in [0.25, 0.3) is 5.91 Å². The van der Waals surface area contributed by atoms with E-state index in [-0.39, 0.29) is 23.0 Å². The minimum Gasteiger partial charge on any atom is -0.338 e. The smallest absolute Gasteiger partial charge is 0.256 e. The average Bonchev–Trinajstić information content (AvgIpc) is 3.07. The lowest BCUT2D eigenvalue weighted by Crippen LogP contribution is -2.51. The van der Waals surface area contributed by atoms with Gasteiger partial charge in [-0.05, 0) is 28.6 Å². The van der Waals surface area contributed by atoms with Crippen LogP contribution in [0.25, 0.3) is 0 Å². The molecule has 3 rings (SSSR count). The van der Waals surface area contributed by atoms with Gasteiger partial charge in [-0.15, -0.1) is 5.10 Å². The number of carbonyl (C=O) groups excluding carboxylic acids is 2. The van der Waals surface area contributed by atoms with Crippen LogP contribution in [0.15, 0.2) is 24.5 Å². The Morgan fingerprint density at radius 2 is 1.88 bits per heavy atom. The molecule has 1 aliphatic rings. The van der Waals surface area contributed by atoms with Crippen LogP contribution in [0.3, 0.4) is 0 Å². The van der Waals surface area contributed by atoms with E-state index in [1.165, 1.54) is 28.0 Å². The summed E-state index contributed by atoms with van der Waals surface area (Å²) in [5.74, 6) is -1.19. The van der Waals surface area contributed by atoms with Crippen LogP contribution in [0, 0.1) is 5.82 Å². The quantitative estimate of drug-likeness (QED) is 0.800. The number of nitrogens with zero attached hydrogens (tertiary/aromatic N) is 6. The van der Waals surface area contributed by atoms with E-state index in [0.717, 1.165) is 6.07 Å². The Morgan fingerprint density at radius 1 is 1.17 bits per heavy atom.